The second kappa shape index (κ2) is 9.62. The largest absolute Gasteiger partial charge is 0.490 e. The molecule has 1 N–H and O–H groups in total. The fourth-order valence-corrected chi connectivity index (χ4v) is 2.26. The minimum absolute atomic E-state index is 0.127. The van der Waals surface area contributed by atoms with Crippen molar-refractivity contribution in [3.05, 3.63) is 59.7 Å². The molecule has 0 aliphatic heterocycles. The van der Waals surface area contributed by atoms with Gasteiger partial charge in [-0.3, -0.25) is 0 Å². The molecule has 0 aromatic heterocycles. The molecule has 144 valence electrons. The lowest BCUT2D eigenvalue weighted by molar-refractivity contribution is 0.171. The van der Waals surface area contributed by atoms with E-state index in [1.54, 1.807) is 0 Å². The van der Waals surface area contributed by atoms with Gasteiger partial charge in [-0.15, -0.1) is 0 Å². The van der Waals surface area contributed by atoms with Gasteiger partial charge in [0.25, 0.3) is 0 Å². The Kier molecular flexibility index (Phi) is 7.23. The Morgan fingerprint density at radius 3 is 2.33 bits per heavy atom. The SMILES string of the molecule is COC(=O)N/N=C\c1cccc(OCCOc2ccc(C(C)(C)C)cc2)c1. The number of ether oxygens (including phenoxy) is 3. The highest BCUT2D eigenvalue weighted by molar-refractivity contribution is 5.81. The summed E-state index contributed by atoms with van der Waals surface area (Å²) in [5, 5.41) is 3.78. The molecule has 0 saturated carbocycles. The highest BCUT2D eigenvalue weighted by Crippen LogP contribution is 2.24. The van der Waals surface area contributed by atoms with Crippen molar-refractivity contribution in [1.82, 2.24) is 5.43 Å². The molecule has 6 nitrogen and oxygen atoms in total. The minimum atomic E-state index is -0.619. The van der Waals surface area contributed by atoms with Crippen LogP contribution >= 0.6 is 0 Å². The normalized spacial score (nSPS) is 11.3. The van der Waals surface area contributed by atoms with Crippen LogP contribution in [-0.2, 0) is 10.2 Å². The van der Waals surface area contributed by atoms with Crippen LogP contribution in [0.2, 0.25) is 0 Å². The molecule has 0 aliphatic carbocycles. The molecule has 2 rings (SSSR count). The third-order valence-corrected chi connectivity index (χ3v) is 3.75. The van der Waals surface area contributed by atoms with E-state index in [4.69, 9.17) is 9.47 Å². The molecule has 2 aromatic carbocycles. The predicted octanol–water partition coefficient (Wildman–Crippen LogP) is 4.13. The summed E-state index contributed by atoms with van der Waals surface area (Å²) in [6, 6.07) is 15.5. The van der Waals surface area contributed by atoms with Crippen LogP contribution in [0.5, 0.6) is 11.5 Å². The van der Waals surface area contributed by atoms with E-state index in [1.807, 2.05) is 36.4 Å². The molecule has 0 aliphatic rings. The zero-order valence-electron chi connectivity index (χ0n) is 16.2. The summed E-state index contributed by atoms with van der Waals surface area (Å²) in [4.78, 5) is 10.9. The van der Waals surface area contributed by atoms with E-state index in [-0.39, 0.29) is 5.41 Å². The van der Waals surface area contributed by atoms with E-state index in [0.29, 0.717) is 19.0 Å². The molecule has 2 aromatic rings. The summed E-state index contributed by atoms with van der Waals surface area (Å²) in [6.45, 7) is 7.40. The first-order valence-electron chi connectivity index (χ1n) is 8.72. The Morgan fingerprint density at radius 2 is 1.70 bits per heavy atom. The number of carbonyl (C=O) groups excluding carboxylic acids is 1. The predicted molar refractivity (Wildman–Crippen MR) is 106 cm³/mol. The van der Waals surface area contributed by atoms with Crippen LogP contribution < -0.4 is 14.9 Å². The third kappa shape index (κ3) is 7.01. The lowest BCUT2D eigenvalue weighted by Crippen LogP contribution is -2.16. The Hall–Kier alpha value is -3.02. The van der Waals surface area contributed by atoms with Crippen LogP contribution in [0.15, 0.2) is 53.6 Å². The molecule has 27 heavy (non-hydrogen) atoms. The topological polar surface area (TPSA) is 69.2 Å². The number of amides is 1. The van der Waals surface area contributed by atoms with Gasteiger partial charge in [0.1, 0.15) is 24.7 Å². The molecular formula is C21H26N2O4. The molecule has 0 atom stereocenters. The Balaban J connectivity index is 1.78. The van der Waals surface area contributed by atoms with E-state index >= 15 is 0 Å². The lowest BCUT2D eigenvalue weighted by Gasteiger charge is -2.19. The molecule has 0 radical (unpaired) electrons. The van der Waals surface area contributed by atoms with E-state index in [1.165, 1.54) is 18.9 Å². The van der Waals surface area contributed by atoms with Crippen LogP contribution in [-0.4, -0.2) is 32.6 Å². The number of nitrogens with one attached hydrogen (secondary N) is 1. The van der Waals surface area contributed by atoms with Gasteiger partial charge in [0.15, 0.2) is 0 Å². The summed E-state index contributed by atoms with van der Waals surface area (Å²) < 4.78 is 15.8. The van der Waals surface area contributed by atoms with Gasteiger partial charge in [-0.25, -0.2) is 10.2 Å². The number of methoxy groups -OCH3 is 1. The molecule has 0 heterocycles. The van der Waals surface area contributed by atoms with Crippen molar-refractivity contribution in [3.8, 4) is 11.5 Å². The fraction of sp³-hybridized carbons (Fsp3) is 0.333. The molecule has 1 amide bonds. The number of hydrogen-bond donors (Lipinski definition) is 1. The van der Waals surface area contributed by atoms with Gasteiger partial charge in [-0.2, -0.15) is 5.10 Å². The van der Waals surface area contributed by atoms with Crippen molar-refractivity contribution in [2.75, 3.05) is 20.3 Å². The zero-order chi connectivity index (χ0) is 19.7. The average molecular weight is 370 g/mol. The van der Waals surface area contributed by atoms with E-state index in [0.717, 1.165) is 11.3 Å². The fourth-order valence-electron chi connectivity index (χ4n) is 2.26. The molecule has 6 heteroatoms. The molecular weight excluding hydrogens is 344 g/mol. The van der Waals surface area contributed by atoms with Crippen molar-refractivity contribution in [3.63, 3.8) is 0 Å². The summed E-state index contributed by atoms with van der Waals surface area (Å²) in [6.07, 6.45) is 0.892. The quantitative estimate of drug-likeness (QED) is 0.452. The van der Waals surface area contributed by atoms with Crippen LogP contribution in [0.3, 0.4) is 0 Å². The van der Waals surface area contributed by atoms with Crippen molar-refractivity contribution >= 4 is 12.3 Å². The smallest absolute Gasteiger partial charge is 0.427 e. The van der Waals surface area contributed by atoms with Gasteiger partial charge in [0.2, 0.25) is 0 Å². The molecule has 0 spiro atoms. The Morgan fingerprint density at radius 1 is 1.04 bits per heavy atom. The average Bonchev–Trinajstić information content (AvgIpc) is 2.65. The molecule has 0 saturated heterocycles. The Bertz CT molecular complexity index is 764. The molecule has 0 unspecified atom stereocenters. The molecule has 0 bridgehead atoms. The van der Waals surface area contributed by atoms with Gasteiger partial charge in [-0.1, -0.05) is 45.0 Å². The maximum Gasteiger partial charge on any atom is 0.427 e. The van der Waals surface area contributed by atoms with E-state index < -0.39 is 6.09 Å². The summed E-state index contributed by atoms with van der Waals surface area (Å²) >= 11 is 0. The highest BCUT2D eigenvalue weighted by Gasteiger charge is 2.12. The first-order valence-corrected chi connectivity index (χ1v) is 8.72. The standard InChI is InChI=1S/C21H26N2O4/c1-21(2,3)17-8-10-18(11-9-17)26-12-13-27-19-7-5-6-16(14-19)15-22-23-20(24)25-4/h5-11,14-15H,12-13H2,1-4H3,(H,23,24)/b22-15-. The van der Waals surface area contributed by atoms with Crippen molar-refractivity contribution < 1.29 is 19.0 Å². The van der Waals surface area contributed by atoms with E-state index in [2.05, 4.69) is 48.2 Å². The monoisotopic (exact) mass is 370 g/mol. The van der Waals surface area contributed by atoms with Crippen LogP contribution in [0.4, 0.5) is 4.79 Å². The molecule has 0 fully saturated rings. The number of hydrazone groups is 1. The van der Waals surface area contributed by atoms with Gasteiger partial charge < -0.3 is 14.2 Å². The van der Waals surface area contributed by atoms with Gasteiger partial charge in [-0.05, 0) is 40.8 Å². The third-order valence-electron chi connectivity index (χ3n) is 3.75. The maximum atomic E-state index is 10.9. The number of rotatable bonds is 7. The van der Waals surface area contributed by atoms with Gasteiger partial charge >= 0.3 is 6.09 Å². The van der Waals surface area contributed by atoms with E-state index in [9.17, 15) is 4.79 Å². The van der Waals surface area contributed by atoms with Gasteiger partial charge in [0, 0.05) is 0 Å². The van der Waals surface area contributed by atoms with Crippen LogP contribution in [0, 0.1) is 0 Å². The first-order chi connectivity index (χ1) is 12.9. The zero-order valence-corrected chi connectivity index (χ0v) is 16.2. The second-order valence-corrected chi connectivity index (χ2v) is 6.91. The summed E-state index contributed by atoms with van der Waals surface area (Å²) in [7, 11) is 1.28. The Labute approximate surface area is 160 Å². The minimum Gasteiger partial charge on any atom is -0.490 e. The highest BCUT2D eigenvalue weighted by atomic mass is 16.5. The maximum absolute atomic E-state index is 10.9. The van der Waals surface area contributed by atoms with Crippen LogP contribution in [0.25, 0.3) is 0 Å². The summed E-state index contributed by atoms with van der Waals surface area (Å²) in [5.41, 5.74) is 4.42. The number of carbonyl (C=O) groups is 1. The van der Waals surface area contributed by atoms with Crippen LogP contribution in [0.1, 0.15) is 31.9 Å². The number of hydrogen-bond acceptors (Lipinski definition) is 5. The van der Waals surface area contributed by atoms with Crippen molar-refractivity contribution in [2.24, 2.45) is 5.10 Å². The number of benzene rings is 2. The second-order valence-electron chi connectivity index (χ2n) is 6.91. The lowest BCUT2D eigenvalue weighted by atomic mass is 9.87. The van der Waals surface area contributed by atoms with Crippen molar-refractivity contribution in [2.45, 2.75) is 26.2 Å². The summed E-state index contributed by atoms with van der Waals surface area (Å²) in [5.74, 6) is 1.52. The number of nitrogens with zero attached hydrogens (tertiary/aromatic N) is 1. The van der Waals surface area contributed by atoms with Gasteiger partial charge in [0.05, 0.1) is 13.3 Å². The first kappa shape index (κ1) is 20.3. The van der Waals surface area contributed by atoms with Crippen molar-refractivity contribution in [1.29, 1.82) is 0 Å².